The van der Waals surface area contributed by atoms with Gasteiger partial charge in [0.25, 0.3) is 0 Å². The molecule has 1 aliphatic rings. The summed E-state index contributed by atoms with van der Waals surface area (Å²) in [5, 5.41) is 10.1. The maximum absolute atomic E-state index is 8.75. The molecule has 0 atom stereocenters. The van der Waals surface area contributed by atoms with Gasteiger partial charge in [0, 0.05) is 24.1 Å². The largest absolute Gasteiger partial charge is 0.350 e. The van der Waals surface area contributed by atoms with E-state index in [0.29, 0.717) is 12.5 Å². The van der Waals surface area contributed by atoms with Gasteiger partial charge in [-0.15, -0.1) is 0 Å². The lowest BCUT2D eigenvalue weighted by Crippen LogP contribution is -2.33. The van der Waals surface area contributed by atoms with Gasteiger partial charge >= 0.3 is 0 Å². The van der Waals surface area contributed by atoms with E-state index >= 15 is 0 Å². The third kappa shape index (κ3) is 2.24. The van der Waals surface area contributed by atoms with Crippen molar-refractivity contribution in [1.29, 1.82) is 5.26 Å². The Morgan fingerprint density at radius 3 is 2.74 bits per heavy atom. The summed E-state index contributed by atoms with van der Waals surface area (Å²) in [7, 11) is 2.12. The Labute approximate surface area is 114 Å². The van der Waals surface area contributed by atoms with Gasteiger partial charge in [0.1, 0.15) is 0 Å². The van der Waals surface area contributed by atoms with Crippen molar-refractivity contribution in [3.8, 4) is 6.07 Å². The van der Waals surface area contributed by atoms with E-state index in [4.69, 9.17) is 5.26 Å². The molecule has 0 amide bonds. The Bertz CT molecular complexity index is 612. The van der Waals surface area contributed by atoms with Crippen LogP contribution in [0.3, 0.4) is 0 Å². The molecular weight excluding hydrogens is 234 g/mol. The highest BCUT2D eigenvalue weighted by atomic mass is 15.1. The Hall–Kier alpha value is -1.79. The molecule has 3 rings (SSSR count). The number of nitrogens with zero attached hydrogens (tertiary/aromatic N) is 3. The number of nitriles is 1. The highest BCUT2D eigenvalue weighted by Gasteiger charge is 2.22. The Morgan fingerprint density at radius 2 is 2.00 bits per heavy atom. The van der Waals surface area contributed by atoms with Gasteiger partial charge in [-0.2, -0.15) is 5.26 Å². The molecular formula is C16H19N3. The van der Waals surface area contributed by atoms with E-state index in [9.17, 15) is 0 Å². The first kappa shape index (κ1) is 12.3. The number of benzene rings is 1. The number of rotatable bonds is 2. The Balaban J connectivity index is 1.84. The smallest absolute Gasteiger partial charge is 0.0865 e. The number of piperidine rings is 1. The topological polar surface area (TPSA) is 32.0 Å². The van der Waals surface area contributed by atoms with E-state index < -0.39 is 0 Å². The minimum absolute atomic E-state index is 0.572. The second-order valence-corrected chi connectivity index (χ2v) is 5.42. The standard InChI is InChI=1S/C16H19N3/c1-18-12-15(14-4-2-3-5-16(14)18)13-6-9-19(10-7-13)11-8-17/h2-5,12-13H,6-7,9-11H2,1H3. The van der Waals surface area contributed by atoms with Crippen molar-refractivity contribution in [2.24, 2.45) is 7.05 Å². The summed E-state index contributed by atoms with van der Waals surface area (Å²) in [6, 6.07) is 10.9. The fourth-order valence-corrected chi connectivity index (χ4v) is 3.20. The predicted molar refractivity (Wildman–Crippen MR) is 76.9 cm³/mol. The van der Waals surface area contributed by atoms with Crippen LogP contribution in [0.1, 0.15) is 24.3 Å². The van der Waals surface area contributed by atoms with Gasteiger partial charge in [-0.05, 0) is 43.5 Å². The quantitative estimate of drug-likeness (QED) is 0.771. The molecule has 0 radical (unpaired) electrons. The van der Waals surface area contributed by atoms with Gasteiger partial charge in [0.05, 0.1) is 12.6 Å². The van der Waals surface area contributed by atoms with Crippen molar-refractivity contribution in [2.45, 2.75) is 18.8 Å². The van der Waals surface area contributed by atoms with Crippen LogP contribution in [-0.2, 0) is 7.05 Å². The van der Waals surface area contributed by atoms with Crippen LogP contribution >= 0.6 is 0 Å². The molecule has 0 bridgehead atoms. The van der Waals surface area contributed by atoms with Gasteiger partial charge in [-0.25, -0.2) is 0 Å². The van der Waals surface area contributed by atoms with Gasteiger partial charge in [-0.3, -0.25) is 4.90 Å². The molecule has 3 nitrogen and oxygen atoms in total. The summed E-state index contributed by atoms with van der Waals surface area (Å²) in [5.41, 5.74) is 2.80. The summed E-state index contributed by atoms with van der Waals surface area (Å²) >= 11 is 0. The van der Waals surface area contributed by atoms with Crippen molar-refractivity contribution in [3.63, 3.8) is 0 Å². The first-order valence-electron chi connectivity index (χ1n) is 6.93. The van der Waals surface area contributed by atoms with Crippen LogP contribution in [0.25, 0.3) is 10.9 Å². The molecule has 1 fully saturated rings. The molecule has 2 heterocycles. The minimum atomic E-state index is 0.572. The van der Waals surface area contributed by atoms with Crippen LogP contribution in [0.5, 0.6) is 0 Å². The van der Waals surface area contributed by atoms with E-state index in [1.54, 1.807) is 0 Å². The molecule has 0 spiro atoms. The van der Waals surface area contributed by atoms with Gasteiger partial charge in [0.15, 0.2) is 0 Å². The van der Waals surface area contributed by atoms with E-state index in [-0.39, 0.29) is 0 Å². The molecule has 98 valence electrons. The number of fused-ring (bicyclic) bond motifs is 1. The van der Waals surface area contributed by atoms with E-state index in [2.05, 4.69) is 53.0 Å². The molecule has 1 saturated heterocycles. The molecule has 3 heteroatoms. The number of para-hydroxylation sites is 1. The number of likely N-dealkylation sites (tertiary alicyclic amines) is 1. The zero-order valence-electron chi connectivity index (χ0n) is 11.3. The first-order valence-corrected chi connectivity index (χ1v) is 6.93. The minimum Gasteiger partial charge on any atom is -0.350 e. The third-order valence-electron chi connectivity index (χ3n) is 4.25. The first-order chi connectivity index (χ1) is 9.29. The van der Waals surface area contributed by atoms with Crippen molar-refractivity contribution in [1.82, 2.24) is 9.47 Å². The second kappa shape index (κ2) is 5.07. The molecule has 0 saturated carbocycles. The maximum atomic E-state index is 8.75. The van der Waals surface area contributed by atoms with E-state index in [1.165, 1.54) is 16.5 Å². The van der Waals surface area contributed by atoms with E-state index in [0.717, 1.165) is 25.9 Å². The fraction of sp³-hybridized carbons (Fsp3) is 0.438. The average molecular weight is 253 g/mol. The lowest BCUT2D eigenvalue weighted by Gasteiger charge is -2.30. The Morgan fingerprint density at radius 1 is 1.26 bits per heavy atom. The molecule has 1 aromatic carbocycles. The lowest BCUT2D eigenvalue weighted by atomic mass is 9.89. The molecule has 19 heavy (non-hydrogen) atoms. The van der Waals surface area contributed by atoms with Crippen molar-refractivity contribution in [2.75, 3.05) is 19.6 Å². The van der Waals surface area contributed by atoms with Gasteiger partial charge in [0.2, 0.25) is 0 Å². The SMILES string of the molecule is Cn1cc(C2CCN(CC#N)CC2)c2ccccc21. The molecule has 2 aromatic rings. The highest BCUT2D eigenvalue weighted by Crippen LogP contribution is 2.33. The third-order valence-corrected chi connectivity index (χ3v) is 4.25. The van der Waals surface area contributed by atoms with Crippen LogP contribution in [0.15, 0.2) is 30.5 Å². The lowest BCUT2D eigenvalue weighted by molar-refractivity contribution is 0.235. The number of aryl methyl sites for hydroxylation is 1. The molecule has 0 aliphatic carbocycles. The number of aromatic nitrogens is 1. The number of hydrogen-bond donors (Lipinski definition) is 0. The Kier molecular flexibility index (Phi) is 3.27. The summed E-state index contributed by atoms with van der Waals surface area (Å²) in [6.07, 6.45) is 4.61. The predicted octanol–water partition coefficient (Wildman–Crippen LogP) is 2.88. The fourth-order valence-electron chi connectivity index (χ4n) is 3.20. The molecule has 0 N–H and O–H groups in total. The molecule has 1 aliphatic heterocycles. The highest BCUT2D eigenvalue weighted by molar-refractivity contribution is 5.84. The van der Waals surface area contributed by atoms with Crippen molar-refractivity contribution < 1.29 is 0 Å². The van der Waals surface area contributed by atoms with Gasteiger partial charge < -0.3 is 4.57 Å². The molecule has 1 aromatic heterocycles. The summed E-state index contributed by atoms with van der Waals surface area (Å²) < 4.78 is 2.23. The maximum Gasteiger partial charge on any atom is 0.0865 e. The number of hydrogen-bond acceptors (Lipinski definition) is 2. The zero-order chi connectivity index (χ0) is 13.2. The van der Waals surface area contributed by atoms with Crippen LogP contribution < -0.4 is 0 Å². The van der Waals surface area contributed by atoms with Crippen LogP contribution in [0.4, 0.5) is 0 Å². The van der Waals surface area contributed by atoms with Crippen LogP contribution in [0.2, 0.25) is 0 Å². The average Bonchev–Trinajstić information content (AvgIpc) is 2.78. The normalized spacial score (nSPS) is 17.7. The summed E-state index contributed by atoms with van der Waals surface area (Å²) in [5.74, 6) is 0.640. The monoisotopic (exact) mass is 253 g/mol. The van der Waals surface area contributed by atoms with Crippen molar-refractivity contribution >= 4 is 10.9 Å². The van der Waals surface area contributed by atoms with Gasteiger partial charge in [-0.1, -0.05) is 18.2 Å². The van der Waals surface area contributed by atoms with Crippen LogP contribution in [0, 0.1) is 11.3 Å². The van der Waals surface area contributed by atoms with Crippen molar-refractivity contribution in [3.05, 3.63) is 36.0 Å². The zero-order valence-corrected chi connectivity index (χ0v) is 11.3. The van der Waals surface area contributed by atoms with E-state index in [1.807, 2.05) is 0 Å². The molecule has 0 unspecified atom stereocenters. The second-order valence-electron chi connectivity index (χ2n) is 5.42. The van der Waals surface area contributed by atoms with Crippen LogP contribution in [-0.4, -0.2) is 29.1 Å². The summed E-state index contributed by atoms with van der Waals surface area (Å²) in [6.45, 7) is 2.66. The summed E-state index contributed by atoms with van der Waals surface area (Å²) in [4.78, 5) is 2.25.